The zero-order chi connectivity index (χ0) is 10.2. The van der Waals surface area contributed by atoms with E-state index >= 15 is 0 Å². The Morgan fingerprint density at radius 2 is 1.86 bits per heavy atom. The molecule has 1 aromatic rings. The number of rotatable bonds is 1. The molecular weight excluding hydrogens is 190 g/mol. The first-order valence-corrected chi connectivity index (χ1v) is 4.75. The fraction of sp³-hybridized carbons (Fsp3) is 0.444. The summed E-state index contributed by atoms with van der Waals surface area (Å²) in [6, 6.07) is 1.27. The van der Waals surface area contributed by atoms with Crippen LogP contribution in [0.2, 0.25) is 0 Å². The summed E-state index contributed by atoms with van der Waals surface area (Å²) in [5, 5.41) is 0. The maximum Gasteiger partial charge on any atom is 0.511 e. The van der Waals surface area contributed by atoms with E-state index in [2.05, 4.69) is 4.98 Å². The molecule has 0 amide bonds. The molecule has 0 saturated carbocycles. The molecule has 0 N–H and O–H groups in total. The van der Waals surface area contributed by atoms with Crippen LogP contribution in [0, 0.1) is 0 Å². The largest absolute Gasteiger partial charge is 0.511 e. The topological polar surface area (TPSA) is 12.9 Å². The lowest BCUT2D eigenvalue weighted by molar-refractivity contribution is 0.500. The summed E-state index contributed by atoms with van der Waals surface area (Å²) in [5.74, 6) is 0. The Bertz CT molecular complexity index is 348. The molecule has 0 bridgehead atoms. The molecule has 1 aliphatic carbocycles. The van der Waals surface area contributed by atoms with E-state index in [1.807, 2.05) is 0 Å². The Morgan fingerprint density at radius 1 is 1.14 bits per heavy atom. The van der Waals surface area contributed by atoms with Crippen molar-refractivity contribution in [3.63, 3.8) is 0 Å². The molecular formula is C9H10BF3N-. The second kappa shape index (κ2) is 3.30. The third-order valence-corrected chi connectivity index (χ3v) is 2.57. The Hall–Kier alpha value is -0.995. The molecule has 0 radical (unpaired) electrons. The number of aryl methyl sites for hydroxylation is 2. The van der Waals surface area contributed by atoms with Gasteiger partial charge in [-0.15, -0.1) is 0 Å². The average Bonchev–Trinajstić information content (AvgIpc) is 2.16. The standard InChI is InChI=1S/C9H10BF3N/c11-10(12,13)8-5-7-3-1-2-4-9(7)14-6-8/h5-6H,1-4H2/q-1. The molecule has 0 spiro atoms. The van der Waals surface area contributed by atoms with Crippen LogP contribution in [0.1, 0.15) is 24.1 Å². The number of fused-ring (bicyclic) bond motifs is 1. The van der Waals surface area contributed by atoms with Gasteiger partial charge in [-0.3, -0.25) is 4.98 Å². The highest BCUT2D eigenvalue weighted by Gasteiger charge is 2.27. The molecule has 1 aliphatic rings. The van der Waals surface area contributed by atoms with Crippen LogP contribution in [0.4, 0.5) is 12.9 Å². The van der Waals surface area contributed by atoms with Crippen LogP contribution in [0.5, 0.6) is 0 Å². The van der Waals surface area contributed by atoms with Gasteiger partial charge in [-0.05, 0) is 31.2 Å². The van der Waals surface area contributed by atoms with Gasteiger partial charge in [-0.2, -0.15) is 0 Å². The fourth-order valence-corrected chi connectivity index (χ4v) is 1.79. The predicted octanol–water partition coefficient (Wildman–Crippen LogP) is 2.01. The third kappa shape index (κ3) is 1.76. The lowest BCUT2D eigenvalue weighted by atomic mass is 9.79. The maximum absolute atomic E-state index is 12.4. The van der Waals surface area contributed by atoms with Crippen molar-refractivity contribution < 1.29 is 12.9 Å². The molecule has 0 unspecified atom stereocenters. The molecule has 0 aromatic carbocycles. The highest BCUT2D eigenvalue weighted by Crippen LogP contribution is 2.19. The van der Waals surface area contributed by atoms with E-state index in [9.17, 15) is 12.9 Å². The van der Waals surface area contributed by atoms with Crippen molar-refractivity contribution in [2.45, 2.75) is 25.7 Å². The second-order valence-corrected chi connectivity index (χ2v) is 3.66. The molecule has 1 aromatic heterocycles. The van der Waals surface area contributed by atoms with Gasteiger partial charge in [0.15, 0.2) is 0 Å². The molecule has 76 valence electrons. The van der Waals surface area contributed by atoms with Crippen LogP contribution < -0.4 is 5.46 Å². The van der Waals surface area contributed by atoms with Crippen molar-refractivity contribution in [3.8, 4) is 0 Å². The zero-order valence-electron chi connectivity index (χ0n) is 7.64. The van der Waals surface area contributed by atoms with Crippen molar-refractivity contribution in [1.29, 1.82) is 0 Å². The molecule has 14 heavy (non-hydrogen) atoms. The van der Waals surface area contributed by atoms with Crippen LogP contribution in [-0.2, 0) is 12.8 Å². The van der Waals surface area contributed by atoms with Crippen molar-refractivity contribution in [2.24, 2.45) is 0 Å². The van der Waals surface area contributed by atoms with E-state index in [4.69, 9.17) is 0 Å². The summed E-state index contributed by atoms with van der Waals surface area (Å²) in [7, 11) is 0. The van der Waals surface area contributed by atoms with E-state index < -0.39 is 12.4 Å². The van der Waals surface area contributed by atoms with E-state index in [1.165, 1.54) is 6.07 Å². The smallest absolute Gasteiger partial charge is 0.445 e. The first-order valence-electron chi connectivity index (χ1n) is 4.75. The summed E-state index contributed by atoms with van der Waals surface area (Å²) in [6.07, 6.45) is 4.53. The zero-order valence-corrected chi connectivity index (χ0v) is 7.64. The maximum atomic E-state index is 12.4. The van der Waals surface area contributed by atoms with Gasteiger partial charge in [0.1, 0.15) is 0 Å². The summed E-state index contributed by atoms with van der Waals surface area (Å²) >= 11 is 0. The number of nitrogens with zero attached hydrogens (tertiary/aromatic N) is 1. The van der Waals surface area contributed by atoms with Gasteiger partial charge in [-0.25, -0.2) is 0 Å². The lowest BCUT2D eigenvalue weighted by Crippen LogP contribution is -2.35. The minimum absolute atomic E-state index is 0.564. The summed E-state index contributed by atoms with van der Waals surface area (Å²) in [6.45, 7) is -4.89. The Balaban J connectivity index is 2.39. The van der Waals surface area contributed by atoms with Crippen LogP contribution >= 0.6 is 0 Å². The molecule has 1 heterocycles. The van der Waals surface area contributed by atoms with Gasteiger partial charge in [0.2, 0.25) is 0 Å². The lowest BCUT2D eigenvalue weighted by Gasteiger charge is -2.19. The summed E-state index contributed by atoms with van der Waals surface area (Å²) in [4.78, 5) is 3.88. The highest BCUT2D eigenvalue weighted by atomic mass is 19.4. The van der Waals surface area contributed by atoms with Gasteiger partial charge >= 0.3 is 6.98 Å². The number of halogens is 3. The molecule has 0 saturated heterocycles. The molecule has 0 fully saturated rings. The Morgan fingerprint density at radius 3 is 2.57 bits per heavy atom. The summed E-state index contributed by atoms with van der Waals surface area (Å²) in [5.41, 5.74) is 1.07. The molecule has 5 heteroatoms. The van der Waals surface area contributed by atoms with Crippen LogP contribution in [0.25, 0.3) is 0 Å². The van der Waals surface area contributed by atoms with Gasteiger partial charge in [-0.1, -0.05) is 11.5 Å². The van der Waals surface area contributed by atoms with Gasteiger partial charge in [0, 0.05) is 11.9 Å². The first kappa shape index (κ1) is 9.56. The van der Waals surface area contributed by atoms with Gasteiger partial charge in [0.25, 0.3) is 0 Å². The van der Waals surface area contributed by atoms with Crippen LogP contribution in [0.3, 0.4) is 0 Å². The minimum Gasteiger partial charge on any atom is -0.445 e. The van der Waals surface area contributed by atoms with Crippen molar-refractivity contribution in [1.82, 2.24) is 4.98 Å². The monoisotopic (exact) mass is 200 g/mol. The number of aromatic nitrogens is 1. The Labute approximate surface area is 80.4 Å². The quantitative estimate of drug-likeness (QED) is 0.632. The normalized spacial score (nSPS) is 16.5. The minimum atomic E-state index is -4.89. The summed E-state index contributed by atoms with van der Waals surface area (Å²) < 4.78 is 37.1. The van der Waals surface area contributed by atoms with Crippen LogP contribution in [0.15, 0.2) is 12.3 Å². The number of hydrogen-bond donors (Lipinski definition) is 0. The number of hydrogen-bond acceptors (Lipinski definition) is 1. The van der Waals surface area contributed by atoms with E-state index in [0.29, 0.717) is 0 Å². The van der Waals surface area contributed by atoms with E-state index in [0.717, 1.165) is 43.1 Å². The second-order valence-electron chi connectivity index (χ2n) is 3.66. The SMILES string of the molecule is F[B-](F)(F)c1cnc2c(c1)CCCC2. The fourth-order valence-electron chi connectivity index (χ4n) is 1.79. The van der Waals surface area contributed by atoms with Crippen molar-refractivity contribution in [2.75, 3.05) is 0 Å². The van der Waals surface area contributed by atoms with E-state index in [1.54, 1.807) is 0 Å². The predicted molar refractivity (Wildman–Crippen MR) is 49.6 cm³/mol. The molecule has 0 atom stereocenters. The van der Waals surface area contributed by atoms with Crippen molar-refractivity contribution in [3.05, 3.63) is 23.5 Å². The third-order valence-electron chi connectivity index (χ3n) is 2.57. The molecule has 2 rings (SSSR count). The van der Waals surface area contributed by atoms with Crippen LogP contribution in [-0.4, -0.2) is 12.0 Å². The molecule has 0 aliphatic heterocycles. The van der Waals surface area contributed by atoms with Gasteiger partial charge in [0.05, 0.1) is 0 Å². The Kier molecular flexibility index (Phi) is 2.25. The van der Waals surface area contributed by atoms with E-state index in [-0.39, 0.29) is 0 Å². The van der Waals surface area contributed by atoms with Crippen molar-refractivity contribution >= 4 is 12.4 Å². The van der Waals surface area contributed by atoms with Gasteiger partial charge < -0.3 is 12.9 Å². The highest BCUT2D eigenvalue weighted by molar-refractivity contribution is 6.73. The number of pyridine rings is 1. The molecule has 1 nitrogen and oxygen atoms in total. The average molecular weight is 200 g/mol. The first-order chi connectivity index (χ1) is 6.57.